The van der Waals surface area contributed by atoms with Gasteiger partial charge >= 0.3 is 0 Å². The van der Waals surface area contributed by atoms with Crippen molar-refractivity contribution in [1.29, 1.82) is 5.26 Å². The summed E-state index contributed by atoms with van der Waals surface area (Å²) in [4.78, 5) is 15.8. The fourth-order valence-electron chi connectivity index (χ4n) is 2.56. The molecule has 0 amide bonds. The maximum Gasteiger partial charge on any atom is 0.278 e. The molecule has 0 aliphatic rings. The SMILES string of the molecule is CC(C)c1c(/C=C/c2ccccc2)[nH]c2c(C#N)cnn2c1=O. The maximum atomic E-state index is 12.7. The molecule has 3 aromatic rings. The normalized spacial score (nSPS) is 11.4. The van der Waals surface area contributed by atoms with E-state index in [1.807, 2.05) is 62.4 Å². The van der Waals surface area contributed by atoms with Crippen molar-refractivity contribution in [2.24, 2.45) is 0 Å². The highest BCUT2D eigenvalue weighted by molar-refractivity contribution is 5.71. The minimum absolute atomic E-state index is 0.0355. The van der Waals surface area contributed by atoms with E-state index in [4.69, 9.17) is 5.26 Å². The lowest BCUT2D eigenvalue weighted by atomic mass is 10.0. The molecule has 0 spiro atoms. The Bertz CT molecular complexity index is 972. The minimum atomic E-state index is -0.192. The summed E-state index contributed by atoms with van der Waals surface area (Å²) in [6.45, 7) is 3.93. The molecule has 0 radical (unpaired) electrons. The molecule has 2 aromatic heterocycles. The van der Waals surface area contributed by atoms with Gasteiger partial charge in [-0.25, -0.2) is 0 Å². The molecule has 0 saturated carbocycles. The van der Waals surface area contributed by atoms with E-state index in [2.05, 4.69) is 10.1 Å². The van der Waals surface area contributed by atoms with Gasteiger partial charge in [0.25, 0.3) is 5.56 Å². The lowest BCUT2D eigenvalue weighted by Gasteiger charge is -2.10. The molecule has 0 fully saturated rings. The summed E-state index contributed by atoms with van der Waals surface area (Å²) in [5.41, 5.74) is 2.98. The molecule has 114 valence electrons. The predicted octanol–water partition coefficient (Wildman–Crippen LogP) is 3.19. The highest BCUT2D eigenvalue weighted by Crippen LogP contribution is 2.18. The number of nitrogens with one attached hydrogen (secondary N) is 1. The standard InChI is InChI=1S/C18H16N4O/c1-12(2)16-15(9-8-13-6-4-3-5-7-13)21-17-14(10-19)11-20-22(17)18(16)23/h3-9,11-12,21H,1-2H3/b9-8+. The molecule has 2 heterocycles. The number of fused-ring (bicyclic) bond motifs is 1. The molecular formula is C18H16N4O. The lowest BCUT2D eigenvalue weighted by molar-refractivity contribution is 0.790. The van der Waals surface area contributed by atoms with Crippen molar-refractivity contribution >= 4 is 17.8 Å². The van der Waals surface area contributed by atoms with Crippen LogP contribution in [-0.4, -0.2) is 14.6 Å². The van der Waals surface area contributed by atoms with Gasteiger partial charge in [-0.2, -0.15) is 14.9 Å². The Labute approximate surface area is 133 Å². The Morgan fingerprint density at radius 2 is 2.00 bits per heavy atom. The number of nitriles is 1. The van der Waals surface area contributed by atoms with Crippen LogP contribution in [0.4, 0.5) is 0 Å². The average molecular weight is 304 g/mol. The fourth-order valence-corrected chi connectivity index (χ4v) is 2.56. The van der Waals surface area contributed by atoms with Crippen molar-refractivity contribution in [2.45, 2.75) is 19.8 Å². The first-order valence-corrected chi connectivity index (χ1v) is 7.39. The van der Waals surface area contributed by atoms with E-state index >= 15 is 0 Å². The second-order valence-corrected chi connectivity index (χ2v) is 5.59. The van der Waals surface area contributed by atoms with Gasteiger partial charge in [-0.15, -0.1) is 0 Å². The van der Waals surface area contributed by atoms with Gasteiger partial charge in [-0.3, -0.25) is 4.79 Å². The van der Waals surface area contributed by atoms with Gasteiger partial charge < -0.3 is 4.98 Å². The van der Waals surface area contributed by atoms with Gasteiger partial charge in [0.05, 0.1) is 6.20 Å². The van der Waals surface area contributed by atoms with Crippen molar-refractivity contribution in [3.05, 3.63) is 69.3 Å². The molecule has 0 bridgehead atoms. The van der Waals surface area contributed by atoms with Crippen molar-refractivity contribution in [1.82, 2.24) is 14.6 Å². The van der Waals surface area contributed by atoms with E-state index < -0.39 is 0 Å². The first kappa shape index (κ1) is 14.8. The van der Waals surface area contributed by atoms with Gasteiger partial charge in [0.2, 0.25) is 0 Å². The van der Waals surface area contributed by atoms with E-state index in [0.29, 0.717) is 22.5 Å². The summed E-state index contributed by atoms with van der Waals surface area (Å²) in [7, 11) is 0. The molecule has 0 aliphatic carbocycles. The number of H-pyrrole nitrogens is 1. The van der Waals surface area contributed by atoms with Crippen LogP contribution in [0.1, 0.15) is 42.1 Å². The number of aromatic amines is 1. The van der Waals surface area contributed by atoms with E-state index in [1.54, 1.807) is 0 Å². The van der Waals surface area contributed by atoms with Crippen molar-refractivity contribution in [3.63, 3.8) is 0 Å². The number of nitrogens with zero attached hydrogens (tertiary/aromatic N) is 3. The third-order valence-electron chi connectivity index (χ3n) is 3.68. The number of rotatable bonds is 3. The monoisotopic (exact) mass is 304 g/mol. The van der Waals surface area contributed by atoms with E-state index in [1.165, 1.54) is 10.7 Å². The average Bonchev–Trinajstić information content (AvgIpc) is 2.97. The molecule has 5 nitrogen and oxygen atoms in total. The minimum Gasteiger partial charge on any atom is -0.339 e. The van der Waals surface area contributed by atoms with Crippen LogP contribution >= 0.6 is 0 Å². The van der Waals surface area contributed by atoms with Gasteiger partial charge in [0.15, 0.2) is 5.65 Å². The summed E-state index contributed by atoms with van der Waals surface area (Å²) in [5, 5.41) is 13.2. The molecule has 0 saturated heterocycles. The van der Waals surface area contributed by atoms with Crippen LogP contribution in [0.2, 0.25) is 0 Å². The van der Waals surface area contributed by atoms with Crippen LogP contribution in [0.15, 0.2) is 41.3 Å². The highest BCUT2D eigenvalue weighted by Gasteiger charge is 2.16. The molecule has 0 atom stereocenters. The van der Waals surface area contributed by atoms with Crippen LogP contribution in [0.25, 0.3) is 17.8 Å². The molecule has 1 N–H and O–H groups in total. The molecule has 0 unspecified atom stereocenters. The molecule has 5 heteroatoms. The van der Waals surface area contributed by atoms with Crippen LogP contribution in [0.3, 0.4) is 0 Å². The quantitative estimate of drug-likeness (QED) is 0.807. The topological polar surface area (TPSA) is 73.9 Å². The Morgan fingerprint density at radius 3 is 2.65 bits per heavy atom. The first-order valence-electron chi connectivity index (χ1n) is 7.39. The Kier molecular flexibility index (Phi) is 3.82. The van der Waals surface area contributed by atoms with Crippen LogP contribution in [-0.2, 0) is 0 Å². The first-order chi connectivity index (χ1) is 11.1. The Hall–Kier alpha value is -3.13. The van der Waals surface area contributed by atoms with E-state index in [-0.39, 0.29) is 11.5 Å². The Balaban J connectivity index is 2.22. The third kappa shape index (κ3) is 2.67. The second kappa shape index (κ2) is 5.93. The van der Waals surface area contributed by atoms with Crippen LogP contribution in [0, 0.1) is 11.3 Å². The molecule has 23 heavy (non-hydrogen) atoms. The third-order valence-corrected chi connectivity index (χ3v) is 3.68. The van der Waals surface area contributed by atoms with Gasteiger partial charge in [-0.1, -0.05) is 50.3 Å². The lowest BCUT2D eigenvalue weighted by Crippen LogP contribution is -2.22. The number of hydrogen-bond donors (Lipinski definition) is 1. The zero-order chi connectivity index (χ0) is 16.4. The van der Waals surface area contributed by atoms with Crippen LogP contribution in [0.5, 0.6) is 0 Å². The smallest absolute Gasteiger partial charge is 0.278 e. The summed E-state index contributed by atoms with van der Waals surface area (Å²) in [6, 6.07) is 11.9. The van der Waals surface area contributed by atoms with Crippen molar-refractivity contribution < 1.29 is 0 Å². The van der Waals surface area contributed by atoms with E-state index in [9.17, 15) is 4.79 Å². The molecular weight excluding hydrogens is 288 g/mol. The number of aromatic nitrogens is 3. The largest absolute Gasteiger partial charge is 0.339 e. The molecule has 0 aliphatic heterocycles. The molecule has 3 rings (SSSR count). The summed E-state index contributed by atoms with van der Waals surface area (Å²) in [6.07, 6.45) is 5.22. The fraction of sp³-hybridized carbons (Fsp3) is 0.167. The highest BCUT2D eigenvalue weighted by atomic mass is 16.1. The molecule has 1 aromatic carbocycles. The van der Waals surface area contributed by atoms with Crippen LogP contribution < -0.4 is 5.56 Å². The van der Waals surface area contributed by atoms with E-state index in [0.717, 1.165) is 5.56 Å². The zero-order valence-corrected chi connectivity index (χ0v) is 12.9. The maximum absolute atomic E-state index is 12.7. The number of hydrogen-bond acceptors (Lipinski definition) is 3. The Morgan fingerprint density at radius 1 is 1.26 bits per heavy atom. The van der Waals surface area contributed by atoms with Gasteiger partial charge in [-0.05, 0) is 17.6 Å². The zero-order valence-electron chi connectivity index (χ0n) is 12.9. The van der Waals surface area contributed by atoms with Crippen molar-refractivity contribution in [3.8, 4) is 6.07 Å². The summed E-state index contributed by atoms with van der Waals surface area (Å²) < 4.78 is 1.26. The van der Waals surface area contributed by atoms with Gasteiger partial charge in [0.1, 0.15) is 11.6 Å². The predicted molar refractivity (Wildman–Crippen MR) is 90.0 cm³/mol. The second-order valence-electron chi connectivity index (χ2n) is 5.59. The summed E-state index contributed by atoms with van der Waals surface area (Å²) in [5.74, 6) is 0.0355. The van der Waals surface area contributed by atoms with Gasteiger partial charge in [0, 0.05) is 11.3 Å². The van der Waals surface area contributed by atoms with Crippen molar-refractivity contribution in [2.75, 3.05) is 0 Å². The number of benzene rings is 1. The summed E-state index contributed by atoms with van der Waals surface area (Å²) >= 11 is 0.